The Morgan fingerprint density at radius 3 is 2.66 bits per heavy atom. The van der Waals surface area contributed by atoms with Gasteiger partial charge in [-0.2, -0.15) is 5.26 Å². The van der Waals surface area contributed by atoms with Crippen LogP contribution in [0.4, 0.5) is 11.5 Å². The number of nitrogens with zero attached hydrogens (tertiary/aromatic N) is 4. The lowest BCUT2D eigenvalue weighted by atomic mass is 9.71. The number of nitrogen functional groups attached to an aromatic ring is 1. The molecule has 4 N–H and O–H groups in total. The minimum atomic E-state index is -0.635. The smallest absolute Gasteiger partial charge is 0.158 e. The molecule has 170 valence electrons. The molecule has 32 heavy (non-hydrogen) atoms. The van der Waals surface area contributed by atoms with Crippen molar-refractivity contribution in [1.82, 2.24) is 9.97 Å². The van der Waals surface area contributed by atoms with Crippen LogP contribution in [0.5, 0.6) is 5.75 Å². The number of hydrogen-bond acceptors (Lipinski definition) is 7. The predicted molar refractivity (Wildman–Crippen MR) is 127 cm³/mol. The van der Waals surface area contributed by atoms with Gasteiger partial charge in [-0.05, 0) is 48.8 Å². The Morgan fingerprint density at radius 2 is 1.94 bits per heavy atom. The Morgan fingerprint density at radius 1 is 1.19 bits per heavy atom. The molecule has 0 unspecified atom stereocenters. The molecule has 2 aromatic rings. The highest BCUT2D eigenvalue weighted by atomic mass is 16.5. The van der Waals surface area contributed by atoms with Crippen molar-refractivity contribution in [3.05, 3.63) is 29.6 Å². The molecule has 2 aliphatic rings. The number of anilines is 2. The van der Waals surface area contributed by atoms with Crippen molar-refractivity contribution < 1.29 is 4.74 Å². The summed E-state index contributed by atoms with van der Waals surface area (Å²) in [5, 5.41) is 9.01. The van der Waals surface area contributed by atoms with Gasteiger partial charge in [0.2, 0.25) is 0 Å². The van der Waals surface area contributed by atoms with E-state index < -0.39 is 5.72 Å². The van der Waals surface area contributed by atoms with Gasteiger partial charge in [-0.15, -0.1) is 0 Å². The standard InChI is InChI=1S/C25H34N6O/c1-24(2)15-18-17(21-20(24)23(27)30-16-29-21)9-10-19(22(18)31(3)14-8-7-13-26)32-25(28)11-5-4-6-12-25/h9-10,16H,4-8,11-12,14-15,28H2,1-3H3,(H2,27,29,30). The molecule has 1 aromatic heterocycles. The van der Waals surface area contributed by atoms with Crippen LogP contribution in [0.2, 0.25) is 0 Å². The summed E-state index contributed by atoms with van der Waals surface area (Å²) in [6.07, 6.45) is 8.75. The van der Waals surface area contributed by atoms with E-state index in [-0.39, 0.29) is 5.41 Å². The van der Waals surface area contributed by atoms with E-state index in [2.05, 4.69) is 47.9 Å². The fourth-order valence-electron chi connectivity index (χ4n) is 5.30. The largest absolute Gasteiger partial charge is 0.471 e. The van der Waals surface area contributed by atoms with Gasteiger partial charge in [-0.3, -0.25) is 5.73 Å². The SMILES string of the molecule is CN(CCCC#N)c1c(OC2(N)CCCCC2)ccc2c1CC(C)(C)c1c(N)ncnc1-2. The third kappa shape index (κ3) is 4.12. The number of benzene rings is 1. The average molecular weight is 435 g/mol. The van der Waals surface area contributed by atoms with E-state index >= 15 is 0 Å². The summed E-state index contributed by atoms with van der Waals surface area (Å²) in [6, 6.07) is 6.36. The minimum absolute atomic E-state index is 0.222. The molecule has 0 atom stereocenters. The maximum absolute atomic E-state index is 9.01. The lowest BCUT2D eigenvalue weighted by Crippen LogP contribution is -2.47. The molecule has 0 spiro atoms. The monoisotopic (exact) mass is 434 g/mol. The topological polar surface area (TPSA) is 114 Å². The lowest BCUT2D eigenvalue weighted by molar-refractivity contribution is 0.0369. The van der Waals surface area contributed by atoms with Crippen molar-refractivity contribution in [2.75, 3.05) is 24.2 Å². The second kappa shape index (κ2) is 8.59. The molecule has 1 aromatic carbocycles. The van der Waals surface area contributed by atoms with Crippen molar-refractivity contribution in [1.29, 1.82) is 5.26 Å². The fourth-order valence-corrected chi connectivity index (χ4v) is 5.30. The maximum Gasteiger partial charge on any atom is 0.158 e. The molecule has 1 fully saturated rings. The van der Waals surface area contributed by atoms with E-state index in [1.54, 1.807) is 0 Å². The van der Waals surface area contributed by atoms with Crippen LogP contribution in [0.15, 0.2) is 18.5 Å². The van der Waals surface area contributed by atoms with Crippen LogP contribution in [0.3, 0.4) is 0 Å². The van der Waals surface area contributed by atoms with Crippen LogP contribution in [-0.2, 0) is 11.8 Å². The quantitative estimate of drug-likeness (QED) is 0.514. The van der Waals surface area contributed by atoms with E-state index in [1.807, 2.05) is 6.07 Å². The maximum atomic E-state index is 9.01. The number of ether oxygens (including phenoxy) is 1. The lowest BCUT2D eigenvalue weighted by Gasteiger charge is -2.39. The molecule has 0 bridgehead atoms. The van der Waals surface area contributed by atoms with Gasteiger partial charge in [0.05, 0.1) is 17.5 Å². The number of rotatable bonds is 6. The summed E-state index contributed by atoms with van der Waals surface area (Å²) in [4.78, 5) is 11.1. The Labute approximate surface area is 190 Å². The number of nitrogens with two attached hydrogens (primary N) is 2. The van der Waals surface area contributed by atoms with E-state index in [0.717, 1.165) is 73.3 Å². The number of fused-ring (bicyclic) bond motifs is 3. The van der Waals surface area contributed by atoms with Crippen molar-refractivity contribution in [3.8, 4) is 23.1 Å². The van der Waals surface area contributed by atoms with Gasteiger partial charge in [0, 0.05) is 44.0 Å². The molecule has 4 rings (SSSR count). The highest BCUT2D eigenvalue weighted by Crippen LogP contribution is 2.50. The summed E-state index contributed by atoms with van der Waals surface area (Å²) in [5.41, 5.74) is 17.3. The second-order valence-electron chi connectivity index (χ2n) is 9.89. The average Bonchev–Trinajstić information content (AvgIpc) is 2.73. The summed E-state index contributed by atoms with van der Waals surface area (Å²) in [5.74, 6) is 1.35. The van der Waals surface area contributed by atoms with Crippen LogP contribution >= 0.6 is 0 Å². The molecule has 7 nitrogen and oxygen atoms in total. The molecule has 0 amide bonds. The third-order valence-corrected chi connectivity index (χ3v) is 6.85. The van der Waals surface area contributed by atoms with Crippen LogP contribution in [0, 0.1) is 11.3 Å². The summed E-state index contributed by atoms with van der Waals surface area (Å²) in [6.45, 7) is 5.14. The van der Waals surface area contributed by atoms with Crippen molar-refractivity contribution in [2.45, 2.75) is 76.4 Å². The van der Waals surface area contributed by atoms with Crippen LogP contribution in [0.25, 0.3) is 11.3 Å². The molecule has 0 radical (unpaired) electrons. The van der Waals surface area contributed by atoms with E-state index in [9.17, 15) is 0 Å². The first kappa shape index (κ1) is 22.3. The van der Waals surface area contributed by atoms with Gasteiger partial charge in [0.1, 0.15) is 17.9 Å². The van der Waals surface area contributed by atoms with Crippen LogP contribution < -0.4 is 21.1 Å². The molecule has 1 heterocycles. The third-order valence-electron chi connectivity index (χ3n) is 6.85. The first-order chi connectivity index (χ1) is 15.3. The summed E-state index contributed by atoms with van der Waals surface area (Å²) >= 11 is 0. The number of hydrogen-bond donors (Lipinski definition) is 2. The first-order valence-electron chi connectivity index (χ1n) is 11.6. The van der Waals surface area contributed by atoms with Gasteiger partial charge in [0.15, 0.2) is 5.72 Å². The molecular formula is C25H34N6O. The Balaban J connectivity index is 1.84. The fraction of sp³-hybridized carbons (Fsp3) is 0.560. The van der Waals surface area contributed by atoms with Gasteiger partial charge < -0.3 is 15.4 Å². The van der Waals surface area contributed by atoms with Gasteiger partial charge >= 0.3 is 0 Å². The Bertz CT molecular complexity index is 1040. The number of unbranched alkanes of at least 4 members (excludes halogenated alkanes) is 1. The van der Waals surface area contributed by atoms with Crippen molar-refractivity contribution in [2.24, 2.45) is 5.73 Å². The molecule has 2 aliphatic carbocycles. The van der Waals surface area contributed by atoms with E-state index in [1.165, 1.54) is 18.3 Å². The molecular weight excluding hydrogens is 400 g/mol. The summed E-state index contributed by atoms with van der Waals surface area (Å²) < 4.78 is 6.56. The minimum Gasteiger partial charge on any atom is -0.471 e. The predicted octanol–water partition coefficient (Wildman–Crippen LogP) is 4.30. The zero-order valence-electron chi connectivity index (χ0n) is 19.4. The van der Waals surface area contributed by atoms with Gasteiger partial charge in [0.25, 0.3) is 0 Å². The highest BCUT2D eigenvalue weighted by Gasteiger charge is 2.38. The normalized spacial score (nSPS) is 18.2. The summed E-state index contributed by atoms with van der Waals surface area (Å²) in [7, 11) is 2.07. The zero-order chi connectivity index (χ0) is 22.9. The van der Waals surface area contributed by atoms with Crippen LogP contribution in [-0.4, -0.2) is 29.3 Å². The van der Waals surface area contributed by atoms with Gasteiger partial charge in [-0.1, -0.05) is 20.3 Å². The van der Waals surface area contributed by atoms with Crippen molar-refractivity contribution in [3.63, 3.8) is 0 Å². The first-order valence-corrected chi connectivity index (χ1v) is 11.6. The number of aromatic nitrogens is 2. The van der Waals surface area contributed by atoms with Crippen molar-refractivity contribution >= 4 is 11.5 Å². The Hall–Kier alpha value is -2.85. The van der Waals surface area contributed by atoms with Crippen LogP contribution in [0.1, 0.15) is 69.9 Å². The van der Waals surface area contributed by atoms with E-state index in [4.69, 9.17) is 21.5 Å². The molecule has 0 saturated heterocycles. The van der Waals surface area contributed by atoms with Gasteiger partial charge in [-0.25, -0.2) is 9.97 Å². The molecule has 0 aliphatic heterocycles. The Kier molecular flexibility index (Phi) is 6.00. The molecule has 1 saturated carbocycles. The second-order valence-corrected chi connectivity index (χ2v) is 9.89. The molecule has 7 heteroatoms. The van der Waals surface area contributed by atoms with E-state index in [0.29, 0.717) is 12.2 Å². The highest BCUT2D eigenvalue weighted by molar-refractivity contribution is 5.83. The zero-order valence-corrected chi connectivity index (χ0v) is 19.4. The number of nitriles is 1.